The van der Waals surface area contributed by atoms with Crippen LogP contribution in [0.3, 0.4) is 0 Å². The van der Waals surface area contributed by atoms with Crippen molar-refractivity contribution in [2.45, 2.75) is 0 Å². The summed E-state index contributed by atoms with van der Waals surface area (Å²) >= 11 is 0. The summed E-state index contributed by atoms with van der Waals surface area (Å²) in [7, 11) is 0. The van der Waals surface area contributed by atoms with Gasteiger partial charge in [-0.25, -0.2) is 0 Å². The molecule has 0 saturated heterocycles. The largest absolute Gasteiger partial charge is 0.398 e. The van der Waals surface area contributed by atoms with Gasteiger partial charge in [-0.3, -0.25) is 0 Å². The first-order valence-corrected chi connectivity index (χ1v) is 2.94. The number of benzene rings is 1. The van der Waals surface area contributed by atoms with Crippen molar-refractivity contribution in [2.24, 2.45) is 5.11 Å². The predicted octanol–water partition coefficient (Wildman–Crippen LogP) is 1.79. The molecule has 0 unspecified atom stereocenters. The third kappa shape index (κ3) is 1.33. The molecule has 0 aromatic heterocycles. The molecule has 11 heavy (non-hydrogen) atoms. The molecule has 0 aliphatic carbocycles. The minimum Gasteiger partial charge on any atom is -0.398 e. The average Bonchev–Trinajstić information content (AvgIpc) is 1.97. The molecule has 0 radical (unpaired) electrons. The summed E-state index contributed by atoms with van der Waals surface area (Å²) in [5.41, 5.74) is 20.1. The second-order valence-electron chi connectivity index (χ2n) is 1.97. The number of anilines is 2. The van der Waals surface area contributed by atoms with Crippen LogP contribution in [0, 0.1) is 0 Å². The number of nitrogen functional groups attached to an aromatic ring is 2. The topological polar surface area (TPSA) is 101 Å². The number of nitrogens with zero attached hydrogens (tertiary/aromatic N) is 3. The number of azide groups is 1. The van der Waals surface area contributed by atoms with Crippen LogP contribution in [0.15, 0.2) is 23.3 Å². The summed E-state index contributed by atoms with van der Waals surface area (Å²) < 4.78 is 0. The Kier molecular flexibility index (Phi) is 1.85. The quantitative estimate of drug-likeness (QED) is 0.275. The number of rotatable bonds is 1. The molecule has 5 heteroatoms. The van der Waals surface area contributed by atoms with Crippen LogP contribution in [0.25, 0.3) is 10.4 Å². The summed E-state index contributed by atoms with van der Waals surface area (Å²) in [6.07, 6.45) is 0. The third-order valence-electron chi connectivity index (χ3n) is 1.24. The van der Waals surface area contributed by atoms with Crippen molar-refractivity contribution in [1.82, 2.24) is 0 Å². The zero-order chi connectivity index (χ0) is 8.27. The van der Waals surface area contributed by atoms with Gasteiger partial charge in [0.25, 0.3) is 0 Å². The van der Waals surface area contributed by atoms with Gasteiger partial charge in [0.1, 0.15) is 0 Å². The maximum Gasteiger partial charge on any atom is 0.0834 e. The molecule has 1 rings (SSSR count). The average molecular weight is 149 g/mol. The van der Waals surface area contributed by atoms with Crippen LogP contribution >= 0.6 is 0 Å². The third-order valence-corrected chi connectivity index (χ3v) is 1.24. The van der Waals surface area contributed by atoms with Gasteiger partial charge in [-0.2, -0.15) is 0 Å². The molecule has 0 aliphatic heterocycles. The highest BCUT2D eigenvalue weighted by Gasteiger charge is 1.98. The van der Waals surface area contributed by atoms with E-state index in [-0.39, 0.29) is 0 Å². The first kappa shape index (κ1) is 7.24. The summed E-state index contributed by atoms with van der Waals surface area (Å²) in [5, 5.41) is 3.34. The summed E-state index contributed by atoms with van der Waals surface area (Å²) in [6.45, 7) is 0. The fourth-order valence-corrected chi connectivity index (χ4v) is 0.740. The maximum absolute atomic E-state index is 8.12. The Morgan fingerprint density at radius 2 is 1.82 bits per heavy atom. The van der Waals surface area contributed by atoms with Crippen LogP contribution in [0.4, 0.5) is 17.1 Å². The van der Waals surface area contributed by atoms with Crippen molar-refractivity contribution >= 4 is 17.1 Å². The summed E-state index contributed by atoms with van der Waals surface area (Å²) in [5.74, 6) is 0. The fourth-order valence-electron chi connectivity index (χ4n) is 0.740. The van der Waals surface area contributed by atoms with E-state index in [1.807, 2.05) is 0 Å². The van der Waals surface area contributed by atoms with Gasteiger partial charge in [0.05, 0.1) is 5.69 Å². The Hall–Kier alpha value is -1.87. The first-order chi connectivity index (χ1) is 5.25. The van der Waals surface area contributed by atoms with E-state index in [9.17, 15) is 0 Å². The van der Waals surface area contributed by atoms with Gasteiger partial charge in [-0.05, 0) is 17.7 Å². The zero-order valence-corrected chi connectivity index (χ0v) is 5.73. The Bertz CT molecular complexity index is 292. The minimum absolute atomic E-state index is 0.301. The van der Waals surface area contributed by atoms with E-state index in [1.165, 1.54) is 0 Å². The first-order valence-electron chi connectivity index (χ1n) is 2.94. The van der Waals surface area contributed by atoms with Gasteiger partial charge in [-0.15, -0.1) is 0 Å². The van der Waals surface area contributed by atoms with E-state index in [4.69, 9.17) is 17.0 Å². The van der Waals surface area contributed by atoms with Crippen LogP contribution in [0.2, 0.25) is 0 Å². The molecule has 0 saturated carbocycles. The van der Waals surface area contributed by atoms with E-state index < -0.39 is 0 Å². The van der Waals surface area contributed by atoms with Crippen LogP contribution < -0.4 is 11.5 Å². The number of nitrogens with two attached hydrogens (primary N) is 2. The molecular weight excluding hydrogens is 142 g/mol. The second-order valence-corrected chi connectivity index (χ2v) is 1.97. The maximum atomic E-state index is 8.12. The SMILES string of the molecule is [N-]=[N+]=Nc1c(N)cccc1N. The van der Waals surface area contributed by atoms with E-state index in [0.29, 0.717) is 17.1 Å². The molecule has 56 valence electrons. The van der Waals surface area contributed by atoms with Crippen LogP contribution in [-0.4, -0.2) is 0 Å². The molecular formula is C6H7N5. The highest BCUT2D eigenvalue weighted by atomic mass is 15.1. The lowest BCUT2D eigenvalue weighted by Crippen LogP contribution is -1.90. The molecule has 4 N–H and O–H groups in total. The normalized spacial score (nSPS) is 8.73. The van der Waals surface area contributed by atoms with Crippen LogP contribution in [0.1, 0.15) is 0 Å². The lowest BCUT2D eigenvalue weighted by molar-refractivity contribution is 1.48. The van der Waals surface area contributed by atoms with Crippen molar-refractivity contribution < 1.29 is 0 Å². The molecule has 1 aromatic rings. The molecule has 0 fully saturated rings. The van der Waals surface area contributed by atoms with Gasteiger partial charge in [-0.1, -0.05) is 11.2 Å². The van der Waals surface area contributed by atoms with E-state index >= 15 is 0 Å². The number of hydrogen-bond acceptors (Lipinski definition) is 3. The Morgan fingerprint density at radius 1 is 1.27 bits per heavy atom. The van der Waals surface area contributed by atoms with Crippen molar-refractivity contribution in [3.8, 4) is 0 Å². The lowest BCUT2D eigenvalue weighted by atomic mass is 10.2. The van der Waals surface area contributed by atoms with Crippen molar-refractivity contribution in [3.05, 3.63) is 28.6 Å². The highest BCUT2D eigenvalue weighted by Crippen LogP contribution is 2.28. The fraction of sp³-hybridized carbons (Fsp3) is 0. The molecule has 5 nitrogen and oxygen atoms in total. The minimum atomic E-state index is 0.301. The Labute approximate surface area is 63.2 Å². The highest BCUT2D eigenvalue weighted by molar-refractivity contribution is 5.75. The molecule has 0 amide bonds. The monoisotopic (exact) mass is 149 g/mol. The molecule has 0 spiro atoms. The van der Waals surface area contributed by atoms with E-state index in [1.54, 1.807) is 18.2 Å². The van der Waals surface area contributed by atoms with Crippen molar-refractivity contribution in [1.29, 1.82) is 0 Å². The van der Waals surface area contributed by atoms with Crippen molar-refractivity contribution in [2.75, 3.05) is 11.5 Å². The van der Waals surface area contributed by atoms with Crippen LogP contribution in [0.5, 0.6) is 0 Å². The zero-order valence-electron chi connectivity index (χ0n) is 5.73. The van der Waals surface area contributed by atoms with E-state index in [2.05, 4.69) is 10.0 Å². The summed E-state index contributed by atoms with van der Waals surface area (Å²) in [4.78, 5) is 2.59. The van der Waals surface area contributed by atoms with Gasteiger partial charge < -0.3 is 11.5 Å². The molecule has 0 bridgehead atoms. The Balaban J connectivity index is 3.31. The lowest BCUT2D eigenvalue weighted by Gasteiger charge is -2.00. The smallest absolute Gasteiger partial charge is 0.0834 e. The molecule has 0 heterocycles. The van der Waals surface area contributed by atoms with Gasteiger partial charge in [0, 0.05) is 16.3 Å². The predicted molar refractivity (Wildman–Crippen MR) is 44.1 cm³/mol. The van der Waals surface area contributed by atoms with Crippen molar-refractivity contribution in [3.63, 3.8) is 0 Å². The standard InChI is InChI=1S/C6H7N5/c7-4-2-1-3-5(8)6(4)10-11-9/h1-3H,7-8H2. The van der Waals surface area contributed by atoms with E-state index in [0.717, 1.165) is 0 Å². The van der Waals surface area contributed by atoms with Gasteiger partial charge in [0.15, 0.2) is 0 Å². The number of hydrogen-bond donors (Lipinski definition) is 2. The second kappa shape index (κ2) is 2.81. The van der Waals surface area contributed by atoms with Crippen LogP contribution in [-0.2, 0) is 0 Å². The Morgan fingerprint density at radius 3 is 2.27 bits per heavy atom. The molecule has 0 atom stereocenters. The van der Waals surface area contributed by atoms with Gasteiger partial charge in [0.2, 0.25) is 0 Å². The molecule has 1 aromatic carbocycles. The summed E-state index contributed by atoms with van der Waals surface area (Å²) in [6, 6.07) is 4.95. The van der Waals surface area contributed by atoms with Gasteiger partial charge >= 0.3 is 0 Å². The molecule has 0 aliphatic rings.